The maximum Gasteiger partial charge on any atom is 0.0600 e. The van der Waals surface area contributed by atoms with Crippen LogP contribution in [0.3, 0.4) is 0 Å². The summed E-state index contributed by atoms with van der Waals surface area (Å²) in [6.45, 7) is 7.94. The summed E-state index contributed by atoms with van der Waals surface area (Å²) in [5.41, 5.74) is 0. The number of rotatable bonds is 7. The van der Waals surface area contributed by atoms with Gasteiger partial charge in [0.05, 0.1) is 19.3 Å². The zero-order valence-corrected chi connectivity index (χ0v) is 10.4. The lowest BCUT2D eigenvalue weighted by molar-refractivity contribution is 0.0217. The Morgan fingerprint density at radius 1 is 1.38 bits per heavy atom. The number of nitrogens with zero attached hydrogens (tertiary/aromatic N) is 1. The highest BCUT2D eigenvalue weighted by molar-refractivity contribution is 4.88. The average Bonchev–Trinajstić information content (AvgIpc) is 2.31. The van der Waals surface area contributed by atoms with Crippen molar-refractivity contribution in [1.29, 1.82) is 0 Å². The Labute approximate surface area is 99.5 Å². The molecule has 3 nitrogen and oxygen atoms in total. The Bertz CT molecular complexity index is 206. The van der Waals surface area contributed by atoms with Gasteiger partial charge in [0.25, 0.3) is 0 Å². The van der Waals surface area contributed by atoms with Gasteiger partial charge >= 0.3 is 0 Å². The minimum Gasteiger partial charge on any atom is -0.377 e. The number of hydrogen-bond donors (Lipinski definition) is 1. The van der Waals surface area contributed by atoms with Crippen molar-refractivity contribution in [3.8, 4) is 12.3 Å². The second kappa shape index (κ2) is 8.58. The molecule has 3 heteroatoms. The smallest absolute Gasteiger partial charge is 0.0600 e. The first-order valence-electron chi connectivity index (χ1n) is 6.35. The van der Waals surface area contributed by atoms with Crippen LogP contribution in [0.15, 0.2) is 0 Å². The Kier molecular flexibility index (Phi) is 7.24. The second-order valence-corrected chi connectivity index (χ2v) is 4.30. The Balaban J connectivity index is 2.09. The fourth-order valence-corrected chi connectivity index (χ4v) is 2.03. The summed E-state index contributed by atoms with van der Waals surface area (Å²) in [4.78, 5) is 2.28. The molecule has 0 spiro atoms. The van der Waals surface area contributed by atoms with Crippen LogP contribution in [-0.2, 0) is 4.74 Å². The monoisotopic (exact) mass is 224 g/mol. The third kappa shape index (κ3) is 5.50. The third-order valence-electron chi connectivity index (χ3n) is 2.90. The molecule has 1 saturated heterocycles. The maximum atomic E-state index is 5.86. The highest BCUT2D eigenvalue weighted by Crippen LogP contribution is 2.06. The standard InChI is InChI=1S/C13H24N2O/c1-3-9-15(10-4-2)11-12-16-13-5-7-14-8-6-13/h1,13-14H,4-12H2,2H3. The molecule has 0 aromatic heterocycles. The van der Waals surface area contributed by atoms with E-state index in [0.717, 1.165) is 58.6 Å². The van der Waals surface area contributed by atoms with Crippen LogP contribution in [0.4, 0.5) is 0 Å². The molecular formula is C13H24N2O. The van der Waals surface area contributed by atoms with E-state index in [1.807, 2.05) is 0 Å². The predicted molar refractivity (Wildman–Crippen MR) is 67.4 cm³/mol. The van der Waals surface area contributed by atoms with Gasteiger partial charge in [-0.05, 0) is 38.9 Å². The number of terminal acetylenes is 1. The van der Waals surface area contributed by atoms with Crippen LogP contribution < -0.4 is 5.32 Å². The van der Waals surface area contributed by atoms with Crippen LogP contribution in [0, 0.1) is 12.3 Å². The highest BCUT2D eigenvalue weighted by atomic mass is 16.5. The molecule has 16 heavy (non-hydrogen) atoms. The molecule has 1 fully saturated rings. The molecule has 0 aromatic rings. The molecule has 1 aliphatic rings. The van der Waals surface area contributed by atoms with Gasteiger partial charge in [-0.25, -0.2) is 0 Å². The largest absolute Gasteiger partial charge is 0.377 e. The Hall–Kier alpha value is -0.560. The summed E-state index contributed by atoms with van der Waals surface area (Å²) in [5, 5.41) is 3.34. The quantitative estimate of drug-likeness (QED) is 0.655. The van der Waals surface area contributed by atoms with Gasteiger partial charge in [-0.3, -0.25) is 4.90 Å². The number of piperidine rings is 1. The van der Waals surface area contributed by atoms with E-state index in [1.54, 1.807) is 0 Å². The molecule has 0 bridgehead atoms. The SMILES string of the molecule is C#CCN(CCC)CCOC1CCNCC1. The summed E-state index contributed by atoms with van der Waals surface area (Å²) in [7, 11) is 0. The Morgan fingerprint density at radius 2 is 2.12 bits per heavy atom. The average molecular weight is 224 g/mol. The molecule has 0 saturated carbocycles. The van der Waals surface area contributed by atoms with Gasteiger partial charge in [-0.1, -0.05) is 12.8 Å². The molecule has 0 unspecified atom stereocenters. The van der Waals surface area contributed by atoms with Crippen LogP contribution in [0.5, 0.6) is 0 Å². The van der Waals surface area contributed by atoms with E-state index in [1.165, 1.54) is 0 Å². The van der Waals surface area contributed by atoms with E-state index in [2.05, 4.69) is 23.1 Å². The number of nitrogens with one attached hydrogen (secondary N) is 1. The molecule has 92 valence electrons. The third-order valence-corrected chi connectivity index (χ3v) is 2.90. The van der Waals surface area contributed by atoms with Crippen molar-refractivity contribution in [3.63, 3.8) is 0 Å². The fourth-order valence-electron chi connectivity index (χ4n) is 2.03. The van der Waals surface area contributed by atoms with E-state index in [0.29, 0.717) is 6.10 Å². The maximum absolute atomic E-state index is 5.86. The van der Waals surface area contributed by atoms with Gasteiger partial charge in [0.1, 0.15) is 0 Å². The van der Waals surface area contributed by atoms with Gasteiger partial charge in [0.2, 0.25) is 0 Å². The second-order valence-electron chi connectivity index (χ2n) is 4.30. The molecule has 0 atom stereocenters. The fraction of sp³-hybridized carbons (Fsp3) is 0.846. The van der Waals surface area contributed by atoms with Crippen molar-refractivity contribution in [2.45, 2.75) is 32.3 Å². The molecule has 0 aliphatic carbocycles. The zero-order valence-electron chi connectivity index (χ0n) is 10.4. The molecule has 0 radical (unpaired) electrons. The molecule has 0 amide bonds. The number of hydrogen-bond acceptors (Lipinski definition) is 3. The first-order valence-corrected chi connectivity index (χ1v) is 6.35. The van der Waals surface area contributed by atoms with Gasteiger partial charge in [0, 0.05) is 6.54 Å². The molecule has 0 aromatic carbocycles. The summed E-state index contributed by atoms with van der Waals surface area (Å²) in [5.74, 6) is 2.70. The minimum atomic E-state index is 0.454. The van der Waals surface area contributed by atoms with Crippen molar-refractivity contribution >= 4 is 0 Å². The van der Waals surface area contributed by atoms with Gasteiger partial charge < -0.3 is 10.1 Å². The van der Waals surface area contributed by atoms with Crippen molar-refractivity contribution in [2.75, 3.05) is 39.3 Å². The lowest BCUT2D eigenvalue weighted by Crippen LogP contribution is -2.35. The lowest BCUT2D eigenvalue weighted by Gasteiger charge is -2.25. The summed E-state index contributed by atoms with van der Waals surface area (Å²) < 4.78 is 5.86. The normalized spacial score (nSPS) is 17.6. The van der Waals surface area contributed by atoms with E-state index >= 15 is 0 Å². The van der Waals surface area contributed by atoms with Crippen molar-refractivity contribution in [3.05, 3.63) is 0 Å². The van der Waals surface area contributed by atoms with Crippen LogP contribution in [0.1, 0.15) is 26.2 Å². The van der Waals surface area contributed by atoms with E-state index < -0.39 is 0 Å². The minimum absolute atomic E-state index is 0.454. The molecular weight excluding hydrogens is 200 g/mol. The van der Waals surface area contributed by atoms with Crippen LogP contribution >= 0.6 is 0 Å². The first kappa shape index (κ1) is 13.5. The van der Waals surface area contributed by atoms with Gasteiger partial charge in [-0.15, -0.1) is 6.42 Å². The summed E-state index contributed by atoms with van der Waals surface area (Å²) in [6.07, 6.45) is 9.22. The molecule has 1 aliphatic heterocycles. The Morgan fingerprint density at radius 3 is 2.75 bits per heavy atom. The predicted octanol–water partition coefficient (Wildman–Crippen LogP) is 1.10. The molecule has 1 rings (SSSR count). The topological polar surface area (TPSA) is 24.5 Å². The van der Waals surface area contributed by atoms with Gasteiger partial charge in [-0.2, -0.15) is 0 Å². The molecule has 1 heterocycles. The van der Waals surface area contributed by atoms with Crippen molar-refractivity contribution in [1.82, 2.24) is 10.2 Å². The van der Waals surface area contributed by atoms with E-state index in [-0.39, 0.29) is 0 Å². The lowest BCUT2D eigenvalue weighted by atomic mass is 10.1. The van der Waals surface area contributed by atoms with E-state index in [4.69, 9.17) is 11.2 Å². The highest BCUT2D eigenvalue weighted by Gasteiger charge is 2.13. The summed E-state index contributed by atoms with van der Waals surface area (Å²) >= 11 is 0. The summed E-state index contributed by atoms with van der Waals surface area (Å²) in [6, 6.07) is 0. The van der Waals surface area contributed by atoms with Crippen LogP contribution in [-0.4, -0.2) is 50.3 Å². The zero-order chi connectivity index (χ0) is 11.6. The first-order chi connectivity index (χ1) is 7.86. The molecule has 1 N–H and O–H groups in total. The van der Waals surface area contributed by atoms with Crippen LogP contribution in [0.25, 0.3) is 0 Å². The number of ether oxygens (including phenoxy) is 1. The van der Waals surface area contributed by atoms with Crippen LogP contribution in [0.2, 0.25) is 0 Å². The van der Waals surface area contributed by atoms with Crippen molar-refractivity contribution in [2.24, 2.45) is 0 Å². The van der Waals surface area contributed by atoms with E-state index in [9.17, 15) is 0 Å². The van der Waals surface area contributed by atoms with Gasteiger partial charge in [0.15, 0.2) is 0 Å². The van der Waals surface area contributed by atoms with Crippen molar-refractivity contribution < 1.29 is 4.74 Å².